The second kappa shape index (κ2) is 4.28. The summed E-state index contributed by atoms with van der Waals surface area (Å²) >= 11 is 0. The minimum Gasteiger partial charge on any atom is -0.480 e. The van der Waals surface area contributed by atoms with E-state index in [4.69, 9.17) is 5.11 Å². The van der Waals surface area contributed by atoms with Crippen LogP contribution in [0.3, 0.4) is 0 Å². The fourth-order valence-electron chi connectivity index (χ4n) is 2.14. The maximum absolute atomic E-state index is 10.8. The average Bonchev–Trinajstić information content (AvgIpc) is 2.02. The van der Waals surface area contributed by atoms with Gasteiger partial charge in [-0.25, -0.2) is 0 Å². The number of hydrogen-bond acceptors (Lipinski definition) is 3. The zero-order valence-corrected chi connectivity index (χ0v) is 8.86. The standard InChI is InChI=1S/C10H19NO3/c1-3-5-10(14)6-11(7-10)8(4-2)9(12)13/h8,14H,3-7H2,1-2H3,(H,12,13). The number of aliphatic carboxylic acids is 1. The Morgan fingerprint density at radius 1 is 1.50 bits per heavy atom. The average molecular weight is 201 g/mol. The van der Waals surface area contributed by atoms with Crippen molar-refractivity contribution in [3.05, 3.63) is 0 Å². The van der Waals surface area contributed by atoms with Crippen molar-refractivity contribution in [1.29, 1.82) is 0 Å². The van der Waals surface area contributed by atoms with Gasteiger partial charge in [-0.1, -0.05) is 20.3 Å². The number of likely N-dealkylation sites (tertiary alicyclic amines) is 1. The van der Waals surface area contributed by atoms with E-state index in [1.165, 1.54) is 0 Å². The molecule has 0 saturated carbocycles. The van der Waals surface area contributed by atoms with Crippen LogP contribution >= 0.6 is 0 Å². The van der Waals surface area contributed by atoms with Crippen LogP contribution in [-0.2, 0) is 4.79 Å². The Labute approximate surface area is 84.5 Å². The van der Waals surface area contributed by atoms with Crippen molar-refractivity contribution in [1.82, 2.24) is 4.90 Å². The molecule has 0 bridgehead atoms. The van der Waals surface area contributed by atoms with Crippen molar-refractivity contribution in [2.24, 2.45) is 0 Å². The summed E-state index contributed by atoms with van der Waals surface area (Å²) in [5.74, 6) is -0.786. The second-order valence-electron chi connectivity index (χ2n) is 4.14. The number of β-amino-alcohol motifs (C(OH)–C–C–N with tert-alkyl or cyclic N) is 1. The quantitative estimate of drug-likeness (QED) is 0.687. The van der Waals surface area contributed by atoms with Crippen LogP contribution in [0.1, 0.15) is 33.1 Å². The summed E-state index contributed by atoms with van der Waals surface area (Å²) in [7, 11) is 0. The minimum absolute atomic E-state index is 0.424. The molecule has 0 amide bonds. The molecular formula is C10H19NO3. The third-order valence-electron chi connectivity index (χ3n) is 2.82. The SMILES string of the molecule is CCCC1(O)CN(C(CC)C(=O)O)C1. The molecule has 1 aliphatic rings. The van der Waals surface area contributed by atoms with E-state index in [1.54, 1.807) is 0 Å². The molecule has 4 heteroatoms. The van der Waals surface area contributed by atoms with Crippen LogP contribution in [0.4, 0.5) is 0 Å². The van der Waals surface area contributed by atoms with Gasteiger partial charge in [0, 0.05) is 13.1 Å². The van der Waals surface area contributed by atoms with Crippen molar-refractivity contribution in [3.8, 4) is 0 Å². The molecule has 2 N–H and O–H groups in total. The monoisotopic (exact) mass is 201 g/mol. The summed E-state index contributed by atoms with van der Waals surface area (Å²) in [4.78, 5) is 12.6. The summed E-state index contributed by atoms with van der Waals surface area (Å²) in [6.07, 6.45) is 2.30. The van der Waals surface area contributed by atoms with Crippen LogP contribution in [0.5, 0.6) is 0 Å². The molecule has 0 aromatic carbocycles. The molecular weight excluding hydrogens is 182 g/mol. The van der Waals surface area contributed by atoms with E-state index in [0.717, 1.165) is 12.8 Å². The van der Waals surface area contributed by atoms with Crippen LogP contribution in [-0.4, -0.2) is 45.8 Å². The highest BCUT2D eigenvalue weighted by molar-refractivity contribution is 5.73. The number of nitrogens with zero attached hydrogens (tertiary/aromatic N) is 1. The maximum atomic E-state index is 10.8. The molecule has 0 spiro atoms. The lowest BCUT2D eigenvalue weighted by Crippen LogP contribution is -2.65. The Kier molecular flexibility index (Phi) is 3.50. The number of hydrogen-bond donors (Lipinski definition) is 2. The smallest absolute Gasteiger partial charge is 0.320 e. The molecule has 82 valence electrons. The van der Waals surface area contributed by atoms with E-state index in [-0.39, 0.29) is 0 Å². The Morgan fingerprint density at radius 3 is 2.43 bits per heavy atom. The Balaban J connectivity index is 2.42. The molecule has 0 radical (unpaired) electrons. The van der Waals surface area contributed by atoms with E-state index >= 15 is 0 Å². The topological polar surface area (TPSA) is 60.8 Å². The van der Waals surface area contributed by atoms with Gasteiger partial charge in [-0.2, -0.15) is 0 Å². The highest BCUT2D eigenvalue weighted by atomic mass is 16.4. The summed E-state index contributed by atoms with van der Waals surface area (Å²) in [5, 5.41) is 18.8. The van der Waals surface area contributed by atoms with Gasteiger partial charge in [0.1, 0.15) is 6.04 Å². The fraction of sp³-hybridized carbons (Fsp3) is 0.900. The molecule has 1 rings (SSSR count). The van der Waals surface area contributed by atoms with Crippen LogP contribution in [0, 0.1) is 0 Å². The summed E-state index contributed by atoms with van der Waals surface area (Å²) in [6, 6.07) is -0.424. The number of carbonyl (C=O) groups is 1. The van der Waals surface area contributed by atoms with Gasteiger partial charge in [0.25, 0.3) is 0 Å². The Morgan fingerprint density at radius 2 is 2.07 bits per heavy atom. The summed E-state index contributed by atoms with van der Waals surface area (Å²) in [6.45, 7) is 4.89. The van der Waals surface area contributed by atoms with Crippen molar-refractivity contribution in [2.45, 2.75) is 44.8 Å². The highest BCUT2D eigenvalue weighted by Crippen LogP contribution is 2.28. The lowest BCUT2D eigenvalue weighted by Gasteiger charge is -2.49. The Hall–Kier alpha value is -0.610. The molecule has 1 fully saturated rings. The molecule has 1 heterocycles. The predicted molar refractivity (Wildman–Crippen MR) is 53.1 cm³/mol. The normalized spacial score (nSPS) is 22.8. The van der Waals surface area contributed by atoms with Gasteiger partial charge in [-0.05, 0) is 12.8 Å². The number of rotatable bonds is 5. The Bertz CT molecular complexity index is 211. The van der Waals surface area contributed by atoms with Crippen molar-refractivity contribution in [2.75, 3.05) is 13.1 Å². The van der Waals surface area contributed by atoms with Crippen molar-refractivity contribution in [3.63, 3.8) is 0 Å². The van der Waals surface area contributed by atoms with Crippen LogP contribution in [0.2, 0.25) is 0 Å². The molecule has 0 aromatic rings. The van der Waals surface area contributed by atoms with Crippen molar-refractivity contribution >= 4 is 5.97 Å². The van der Waals surface area contributed by atoms with E-state index in [2.05, 4.69) is 0 Å². The maximum Gasteiger partial charge on any atom is 0.320 e. The summed E-state index contributed by atoms with van der Waals surface area (Å²) < 4.78 is 0. The van der Waals surface area contributed by atoms with Crippen LogP contribution in [0.15, 0.2) is 0 Å². The lowest BCUT2D eigenvalue weighted by molar-refractivity contribution is -0.159. The first-order valence-electron chi connectivity index (χ1n) is 5.21. The second-order valence-corrected chi connectivity index (χ2v) is 4.14. The number of aliphatic hydroxyl groups is 1. The van der Waals surface area contributed by atoms with E-state index in [1.807, 2.05) is 18.7 Å². The van der Waals surface area contributed by atoms with Gasteiger partial charge >= 0.3 is 5.97 Å². The number of carboxylic acid groups (broad SMARTS) is 1. The van der Waals surface area contributed by atoms with Gasteiger partial charge in [-0.15, -0.1) is 0 Å². The van der Waals surface area contributed by atoms with Gasteiger partial charge in [0.2, 0.25) is 0 Å². The molecule has 1 unspecified atom stereocenters. The van der Waals surface area contributed by atoms with Gasteiger partial charge in [0.15, 0.2) is 0 Å². The zero-order chi connectivity index (χ0) is 10.8. The largest absolute Gasteiger partial charge is 0.480 e. The van der Waals surface area contributed by atoms with E-state index < -0.39 is 17.6 Å². The molecule has 1 aliphatic heterocycles. The highest BCUT2D eigenvalue weighted by Gasteiger charge is 2.44. The van der Waals surface area contributed by atoms with Crippen LogP contribution < -0.4 is 0 Å². The van der Waals surface area contributed by atoms with Gasteiger partial charge in [-0.3, -0.25) is 9.69 Å². The predicted octanol–water partition coefficient (Wildman–Crippen LogP) is 0.696. The van der Waals surface area contributed by atoms with Crippen molar-refractivity contribution < 1.29 is 15.0 Å². The zero-order valence-electron chi connectivity index (χ0n) is 8.86. The molecule has 14 heavy (non-hydrogen) atoms. The van der Waals surface area contributed by atoms with Gasteiger partial charge in [0.05, 0.1) is 5.60 Å². The summed E-state index contributed by atoms with van der Waals surface area (Å²) in [5.41, 5.74) is -0.627. The molecule has 1 saturated heterocycles. The van der Waals surface area contributed by atoms with Gasteiger partial charge < -0.3 is 10.2 Å². The molecule has 0 aliphatic carbocycles. The molecule has 0 aromatic heterocycles. The first-order valence-corrected chi connectivity index (χ1v) is 5.21. The third-order valence-corrected chi connectivity index (χ3v) is 2.82. The first-order chi connectivity index (χ1) is 6.52. The molecule has 1 atom stereocenters. The minimum atomic E-state index is -0.786. The molecule has 4 nitrogen and oxygen atoms in total. The van der Waals surface area contributed by atoms with Crippen LogP contribution in [0.25, 0.3) is 0 Å². The van der Waals surface area contributed by atoms with E-state index in [9.17, 15) is 9.90 Å². The number of carboxylic acids is 1. The third kappa shape index (κ3) is 2.25. The first kappa shape index (κ1) is 11.5. The lowest BCUT2D eigenvalue weighted by atomic mass is 9.87. The van der Waals surface area contributed by atoms with E-state index in [0.29, 0.717) is 19.5 Å². The fourth-order valence-corrected chi connectivity index (χ4v) is 2.14.